The molecule has 0 aliphatic carbocycles. The summed E-state index contributed by atoms with van der Waals surface area (Å²) in [6.45, 7) is 1.59. The van der Waals surface area contributed by atoms with Crippen molar-refractivity contribution < 1.29 is 13.2 Å². The Labute approximate surface area is 172 Å². The lowest BCUT2D eigenvalue weighted by atomic mass is 9.99. The molecule has 11 heteroatoms. The van der Waals surface area contributed by atoms with Crippen LogP contribution < -0.4 is 5.73 Å². The van der Waals surface area contributed by atoms with E-state index in [1.165, 1.54) is 19.3 Å². The first-order chi connectivity index (χ1) is 13.0. The summed E-state index contributed by atoms with van der Waals surface area (Å²) in [5, 5.41) is 0.662. The zero-order chi connectivity index (χ0) is 20.7. The molecule has 8 nitrogen and oxygen atoms in total. The minimum atomic E-state index is -3.68. The number of halogens is 2. The number of rotatable bonds is 4. The predicted octanol–water partition coefficient (Wildman–Crippen LogP) is 2.01. The molecule has 0 bridgehead atoms. The second kappa shape index (κ2) is 7.31. The Morgan fingerprint density at radius 3 is 2.61 bits per heavy atom. The third kappa shape index (κ3) is 3.96. The van der Waals surface area contributed by atoms with Crippen molar-refractivity contribution in [1.82, 2.24) is 14.3 Å². The highest BCUT2D eigenvalue weighted by atomic mass is 35.5. The van der Waals surface area contributed by atoms with E-state index < -0.39 is 15.6 Å². The lowest BCUT2D eigenvalue weighted by Gasteiger charge is -2.34. The molecular weight excluding hydrogens is 425 g/mol. The molecule has 0 saturated heterocycles. The Morgan fingerprint density at radius 1 is 1.29 bits per heavy atom. The maximum absolute atomic E-state index is 12.4. The van der Waals surface area contributed by atoms with Crippen LogP contribution in [0.4, 0.5) is 0 Å². The Hall–Kier alpha value is -2.23. The van der Waals surface area contributed by atoms with Gasteiger partial charge in [0.25, 0.3) is 0 Å². The first kappa shape index (κ1) is 20.5. The molecule has 1 atom stereocenters. The topological polar surface area (TPSA) is 119 Å². The van der Waals surface area contributed by atoms with Crippen molar-refractivity contribution in [3.63, 3.8) is 0 Å². The first-order valence-corrected chi connectivity index (χ1v) is 10.5. The van der Waals surface area contributed by atoms with Crippen LogP contribution in [0, 0.1) is 0 Å². The largest absolute Gasteiger partial charge is 0.369 e. The van der Waals surface area contributed by atoms with Crippen molar-refractivity contribution in [2.75, 3.05) is 12.8 Å². The normalized spacial score (nSPS) is 21.3. The standard InChI is InChI=1S/C17H17Cl2N5O3S/c1-17(9-28(26,27)24(2)16(20)23-17)15-12(19)5-4-11(22-15)7-14(25)13-6-3-10(18)8-21-13/h3-6,8H,7,9H2,1-2H3,(H2,20,23)/t17-/m0/s1. The predicted molar refractivity (Wildman–Crippen MR) is 107 cm³/mol. The summed E-state index contributed by atoms with van der Waals surface area (Å²) in [5.41, 5.74) is 5.40. The lowest BCUT2D eigenvalue weighted by Crippen LogP contribution is -2.50. The summed E-state index contributed by atoms with van der Waals surface area (Å²) < 4.78 is 25.7. The van der Waals surface area contributed by atoms with Crippen molar-refractivity contribution in [3.05, 3.63) is 57.6 Å². The van der Waals surface area contributed by atoms with Gasteiger partial charge in [0.2, 0.25) is 16.0 Å². The first-order valence-electron chi connectivity index (χ1n) is 8.14. The SMILES string of the molecule is CN1C(N)=N[C@](C)(c2nc(CC(=O)c3ccc(Cl)cn3)ccc2Cl)CS1(=O)=O. The lowest BCUT2D eigenvalue weighted by molar-refractivity contribution is 0.0987. The molecule has 2 N–H and O–H groups in total. The van der Waals surface area contributed by atoms with Crippen LogP contribution in [0.2, 0.25) is 10.0 Å². The minimum Gasteiger partial charge on any atom is -0.369 e. The van der Waals surface area contributed by atoms with Crippen LogP contribution in [-0.4, -0.2) is 47.2 Å². The van der Waals surface area contributed by atoms with E-state index >= 15 is 0 Å². The van der Waals surface area contributed by atoms with Gasteiger partial charge in [-0.3, -0.25) is 14.8 Å². The highest BCUT2D eigenvalue weighted by molar-refractivity contribution is 7.89. The second-order valence-electron chi connectivity index (χ2n) is 6.56. The molecule has 3 heterocycles. The maximum Gasteiger partial charge on any atom is 0.239 e. The number of pyridine rings is 2. The average Bonchev–Trinajstić information content (AvgIpc) is 2.61. The maximum atomic E-state index is 12.4. The molecule has 28 heavy (non-hydrogen) atoms. The Balaban J connectivity index is 1.96. The van der Waals surface area contributed by atoms with Gasteiger partial charge in [0.15, 0.2) is 5.78 Å². The number of carbonyl (C=O) groups excluding carboxylic acids is 1. The van der Waals surface area contributed by atoms with E-state index in [0.717, 1.165) is 4.31 Å². The smallest absolute Gasteiger partial charge is 0.239 e. The number of nitrogens with zero attached hydrogens (tertiary/aromatic N) is 4. The van der Waals surface area contributed by atoms with Gasteiger partial charge >= 0.3 is 0 Å². The van der Waals surface area contributed by atoms with Gasteiger partial charge in [-0.05, 0) is 31.2 Å². The summed E-state index contributed by atoms with van der Waals surface area (Å²) in [4.78, 5) is 25.2. The van der Waals surface area contributed by atoms with Crippen molar-refractivity contribution in [2.45, 2.75) is 18.9 Å². The van der Waals surface area contributed by atoms with Gasteiger partial charge < -0.3 is 5.73 Å². The number of carbonyl (C=O) groups is 1. The van der Waals surface area contributed by atoms with Gasteiger partial charge in [0.1, 0.15) is 17.0 Å². The van der Waals surface area contributed by atoms with Crippen molar-refractivity contribution in [2.24, 2.45) is 10.7 Å². The number of hydrogen-bond acceptors (Lipinski definition) is 7. The second-order valence-corrected chi connectivity index (χ2v) is 9.41. The van der Waals surface area contributed by atoms with Gasteiger partial charge in [-0.25, -0.2) is 17.7 Å². The summed E-state index contributed by atoms with van der Waals surface area (Å²) >= 11 is 12.1. The van der Waals surface area contributed by atoms with E-state index in [-0.39, 0.29) is 40.3 Å². The fourth-order valence-corrected chi connectivity index (χ4v) is 4.68. The number of aliphatic imine (C=N–C) groups is 1. The molecule has 0 aromatic carbocycles. The molecule has 0 spiro atoms. The number of hydrogen-bond donors (Lipinski definition) is 1. The van der Waals surface area contributed by atoms with Gasteiger partial charge in [0, 0.05) is 18.9 Å². The summed E-state index contributed by atoms with van der Waals surface area (Å²) in [6.07, 6.45) is 1.35. The monoisotopic (exact) mass is 441 g/mol. The van der Waals surface area contributed by atoms with Crippen LogP contribution in [-0.2, 0) is 22.0 Å². The van der Waals surface area contributed by atoms with Crippen molar-refractivity contribution in [1.29, 1.82) is 0 Å². The number of ketones is 1. The van der Waals surface area contributed by atoms with Crippen molar-refractivity contribution >= 4 is 45.0 Å². The van der Waals surface area contributed by atoms with Gasteiger partial charge in [0.05, 0.1) is 22.2 Å². The number of aromatic nitrogens is 2. The van der Waals surface area contributed by atoms with E-state index in [4.69, 9.17) is 28.9 Å². The van der Waals surface area contributed by atoms with Crippen LogP contribution in [0.25, 0.3) is 0 Å². The van der Waals surface area contributed by atoms with E-state index in [1.807, 2.05) is 0 Å². The average molecular weight is 442 g/mol. The molecule has 2 aromatic heterocycles. The molecule has 0 saturated carbocycles. The van der Waals surface area contributed by atoms with Crippen LogP contribution in [0.1, 0.15) is 28.8 Å². The van der Waals surface area contributed by atoms with E-state index in [9.17, 15) is 13.2 Å². The molecule has 0 radical (unpaired) electrons. The van der Waals surface area contributed by atoms with E-state index in [2.05, 4.69) is 15.0 Å². The Morgan fingerprint density at radius 2 is 2.00 bits per heavy atom. The van der Waals surface area contributed by atoms with Crippen LogP contribution >= 0.6 is 23.2 Å². The van der Waals surface area contributed by atoms with Crippen LogP contribution in [0.5, 0.6) is 0 Å². The number of sulfonamides is 1. The molecular formula is C17H17Cl2N5O3S. The molecule has 0 unspecified atom stereocenters. The number of guanidine groups is 1. The van der Waals surface area contributed by atoms with Crippen molar-refractivity contribution in [3.8, 4) is 0 Å². The zero-order valence-corrected chi connectivity index (χ0v) is 17.4. The molecule has 1 aliphatic heterocycles. The molecule has 2 aromatic rings. The third-order valence-corrected chi connectivity index (χ3v) is 6.81. The quantitative estimate of drug-likeness (QED) is 0.724. The molecule has 0 fully saturated rings. The van der Waals surface area contributed by atoms with E-state index in [0.29, 0.717) is 10.7 Å². The van der Waals surface area contributed by atoms with Gasteiger partial charge in [-0.2, -0.15) is 0 Å². The van der Waals surface area contributed by atoms with Gasteiger partial charge in [-0.1, -0.05) is 23.2 Å². The number of nitrogens with two attached hydrogens (primary N) is 1. The molecule has 1 aliphatic rings. The summed E-state index contributed by atoms with van der Waals surface area (Å²) in [6, 6.07) is 6.25. The number of Topliss-reactive ketones (excluding diaryl/α,β-unsaturated/α-hetero) is 1. The van der Waals surface area contributed by atoms with Gasteiger partial charge in [-0.15, -0.1) is 0 Å². The Bertz CT molecular complexity index is 1070. The molecule has 148 valence electrons. The summed E-state index contributed by atoms with van der Waals surface area (Å²) in [5.74, 6) is -0.764. The summed E-state index contributed by atoms with van der Waals surface area (Å²) in [7, 11) is -2.35. The Kier molecular flexibility index (Phi) is 5.35. The fourth-order valence-electron chi connectivity index (χ4n) is 2.83. The molecule has 3 rings (SSSR count). The minimum absolute atomic E-state index is 0.0409. The highest BCUT2D eigenvalue weighted by Gasteiger charge is 2.42. The third-order valence-electron chi connectivity index (χ3n) is 4.33. The van der Waals surface area contributed by atoms with Crippen LogP contribution in [0.3, 0.4) is 0 Å². The zero-order valence-electron chi connectivity index (χ0n) is 15.1. The highest BCUT2D eigenvalue weighted by Crippen LogP contribution is 2.34. The van der Waals surface area contributed by atoms with Crippen LogP contribution in [0.15, 0.2) is 35.5 Å². The fraction of sp³-hybridized carbons (Fsp3) is 0.294. The molecule has 0 amide bonds. The van der Waals surface area contributed by atoms with E-state index in [1.54, 1.807) is 25.1 Å².